The third-order valence-electron chi connectivity index (χ3n) is 9.17. The SMILES string of the molecule is C(=C\c1ccccn1)/c1ccc(-c2ccncc2)cc1.C(=C\c1ccccn1)/c1ccc(-c2ccncc2)cc1.Oc1cc(O)c(Cl)cc1Cl.Oc1cc(O)c(Cl)cc1Cl.Oc1cc(O)c(Cl)cc1Cl. The van der Waals surface area contributed by atoms with Crippen molar-refractivity contribution >= 4 is 93.9 Å². The summed E-state index contributed by atoms with van der Waals surface area (Å²) in [5.41, 5.74) is 9.00. The van der Waals surface area contributed by atoms with Gasteiger partial charge in [0.2, 0.25) is 0 Å². The van der Waals surface area contributed by atoms with Crippen molar-refractivity contribution in [3.05, 3.63) is 235 Å². The summed E-state index contributed by atoms with van der Waals surface area (Å²) in [4.78, 5) is 16.6. The topological polar surface area (TPSA) is 173 Å². The highest BCUT2D eigenvalue weighted by Gasteiger charge is 2.06. The summed E-state index contributed by atoms with van der Waals surface area (Å²) >= 11 is 32.6. The Bertz CT molecular complexity index is 2690. The maximum Gasteiger partial charge on any atom is 0.137 e. The lowest BCUT2D eigenvalue weighted by Gasteiger charge is -2.01. The van der Waals surface area contributed by atoms with Gasteiger partial charge in [0.25, 0.3) is 0 Å². The molecule has 0 aliphatic rings. The summed E-state index contributed by atoms with van der Waals surface area (Å²) in [6, 6.07) is 43.8. The Morgan fingerprint density at radius 3 is 0.800 bits per heavy atom. The minimum absolute atomic E-state index is 0.128. The van der Waals surface area contributed by atoms with E-state index in [9.17, 15) is 0 Å². The van der Waals surface area contributed by atoms with Gasteiger partial charge in [-0.25, -0.2) is 0 Å². The average Bonchev–Trinajstić information content (AvgIpc) is 3.38. The zero-order valence-electron chi connectivity index (χ0n) is 36.4. The molecular weight excluding hydrogens is 1010 g/mol. The number of pyridine rings is 4. The molecule has 0 aliphatic heterocycles. The highest BCUT2D eigenvalue weighted by molar-refractivity contribution is 6.37. The van der Waals surface area contributed by atoms with Crippen LogP contribution in [-0.4, -0.2) is 50.6 Å². The van der Waals surface area contributed by atoms with Crippen LogP contribution in [0.15, 0.2) is 183 Å². The predicted octanol–water partition coefficient (Wildman–Crippen LogP) is 15.8. The van der Waals surface area contributed by atoms with E-state index in [-0.39, 0.29) is 64.6 Å². The van der Waals surface area contributed by atoms with Gasteiger partial charge in [-0.2, -0.15) is 0 Å². The molecule has 0 saturated carbocycles. The number of rotatable bonds is 6. The quantitative estimate of drug-likeness (QED) is 0.0941. The molecule has 9 rings (SSSR count). The maximum absolute atomic E-state index is 8.87. The van der Waals surface area contributed by atoms with Crippen molar-refractivity contribution in [2.75, 3.05) is 0 Å². The van der Waals surface area contributed by atoms with Gasteiger partial charge in [0, 0.05) is 55.4 Å². The molecule has 6 N–H and O–H groups in total. The van der Waals surface area contributed by atoms with Crippen molar-refractivity contribution < 1.29 is 30.6 Å². The van der Waals surface area contributed by atoms with E-state index in [4.69, 9.17) is 100 Å². The van der Waals surface area contributed by atoms with Crippen molar-refractivity contribution in [3.8, 4) is 56.8 Å². The number of halogens is 6. The molecule has 354 valence electrons. The van der Waals surface area contributed by atoms with Crippen LogP contribution in [0.25, 0.3) is 46.6 Å². The van der Waals surface area contributed by atoms with Crippen molar-refractivity contribution in [2.24, 2.45) is 0 Å². The largest absolute Gasteiger partial charge is 0.506 e. The molecule has 0 fully saturated rings. The van der Waals surface area contributed by atoms with Gasteiger partial charge in [0.1, 0.15) is 34.5 Å². The Morgan fingerprint density at radius 1 is 0.286 bits per heavy atom. The van der Waals surface area contributed by atoms with E-state index in [1.165, 1.54) is 40.5 Å². The first-order valence-electron chi connectivity index (χ1n) is 20.5. The molecule has 0 atom stereocenters. The molecule has 4 heterocycles. The second-order valence-corrected chi connectivity index (χ2v) is 16.6. The fourth-order valence-electron chi connectivity index (χ4n) is 5.55. The molecule has 0 spiro atoms. The number of aromatic hydroxyl groups is 6. The summed E-state index contributed by atoms with van der Waals surface area (Å²) < 4.78 is 0. The summed E-state index contributed by atoms with van der Waals surface area (Å²) in [7, 11) is 0. The molecular formula is C54H40Cl6N4O6. The summed E-state index contributed by atoms with van der Waals surface area (Å²) in [6.45, 7) is 0. The second-order valence-electron chi connectivity index (χ2n) is 14.2. The Balaban J connectivity index is 0.000000170. The van der Waals surface area contributed by atoms with Crippen LogP contribution in [0.2, 0.25) is 30.1 Å². The van der Waals surface area contributed by atoms with Crippen LogP contribution in [0.1, 0.15) is 22.5 Å². The summed E-state index contributed by atoms with van der Waals surface area (Å²) in [6.07, 6.45) is 19.0. The van der Waals surface area contributed by atoms with Gasteiger partial charge in [0.05, 0.1) is 41.5 Å². The zero-order chi connectivity index (χ0) is 50.4. The van der Waals surface area contributed by atoms with Crippen LogP contribution in [0.4, 0.5) is 0 Å². The third kappa shape index (κ3) is 17.7. The first-order valence-corrected chi connectivity index (χ1v) is 22.7. The average molecular weight is 1050 g/mol. The fraction of sp³-hybridized carbons (Fsp3) is 0. The monoisotopic (exact) mass is 1050 g/mol. The number of nitrogens with zero attached hydrogens (tertiary/aromatic N) is 4. The van der Waals surface area contributed by atoms with Crippen molar-refractivity contribution in [1.29, 1.82) is 0 Å². The number of phenols is 6. The van der Waals surface area contributed by atoms with Crippen LogP contribution < -0.4 is 0 Å². The van der Waals surface area contributed by atoms with E-state index in [1.807, 2.05) is 97.6 Å². The number of phenolic OH excluding ortho intramolecular Hbond substituents is 6. The Labute approximate surface area is 433 Å². The Hall–Kier alpha value is -7.28. The molecule has 5 aromatic carbocycles. The second kappa shape index (κ2) is 27.6. The molecule has 0 saturated heterocycles. The van der Waals surface area contributed by atoms with Crippen LogP contribution in [-0.2, 0) is 0 Å². The highest BCUT2D eigenvalue weighted by Crippen LogP contribution is 2.35. The first-order chi connectivity index (χ1) is 33.7. The van der Waals surface area contributed by atoms with Crippen LogP contribution in [0.5, 0.6) is 34.5 Å². The number of benzene rings is 5. The van der Waals surface area contributed by atoms with Crippen LogP contribution in [0, 0.1) is 0 Å². The zero-order valence-corrected chi connectivity index (χ0v) is 40.9. The number of aromatic nitrogens is 4. The van der Waals surface area contributed by atoms with Gasteiger partial charge in [-0.15, -0.1) is 0 Å². The molecule has 0 unspecified atom stereocenters. The standard InChI is InChI=1S/2C18H14N2.3C6H4Cl2O2/c2*1-2-12-20-18(3-1)9-6-15-4-7-16(8-5-15)17-10-13-19-14-11-17;3*7-3-1-4(8)6(10)2-5(3)9/h2*1-14H;3*1-2,9-10H/b2*9-6+;;;. The molecule has 4 aromatic heterocycles. The van der Waals surface area contributed by atoms with Gasteiger partial charge >= 0.3 is 0 Å². The van der Waals surface area contributed by atoms with Crippen molar-refractivity contribution in [1.82, 2.24) is 19.9 Å². The minimum Gasteiger partial charge on any atom is -0.506 e. The Morgan fingerprint density at radius 2 is 0.557 bits per heavy atom. The molecule has 9 aromatic rings. The lowest BCUT2D eigenvalue weighted by molar-refractivity contribution is 0.450. The minimum atomic E-state index is -0.177. The lowest BCUT2D eigenvalue weighted by atomic mass is 10.0. The van der Waals surface area contributed by atoms with E-state index in [0.29, 0.717) is 0 Å². The van der Waals surface area contributed by atoms with Gasteiger partial charge in [0.15, 0.2) is 0 Å². The molecule has 10 nitrogen and oxygen atoms in total. The van der Waals surface area contributed by atoms with Crippen molar-refractivity contribution in [2.45, 2.75) is 0 Å². The van der Waals surface area contributed by atoms with E-state index in [1.54, 1.807) is 12.4 Å². The van der Waals surface area contributed by atoms with Gasteiger partial charge in [-0.05, 0) is 112 Å². The molecule has 0 bridgehead atoms. The highest BCUT2D eigenvalue weighted by atomic mass is 35.5. The molecule has 0 radical (unpaired) electrons. The number of hydrogen-bond acceptors (Lipinski definition) is 10. The smallest absolute Gasteiger partial charge is 0.137 e. The first kappa shape index (κ1) is 53.7. The van der Waals surface area contributed by atoms with E-state index >= 15 is 0 Å². The van der Waals surface area contributed by atoms with Gasteiger partial charge in [-0.3, -0.25) is 19.9 Å². The maximum atomic E-state index is 8.87. The van der Waals surface area contributed by atoms with Gasteiger partial charge in [-0.1, -0.05) is 142 Å². The van der Waals surface area contributed by atoms with Gasteiger partial charge < -0.3 is 30.6 Å². The normalized spacial score (nSPS) is 10.4. The molecule has 70 heavy (non-hydrogen) atoms. The summed E-state index contributed by atoms with van der Waals surface area (Å²) in [5.74, 6) is -1.06. The number of hydrogen-bond donors (Lipinski definition) is 6. The van der Waals surface area contributed by atoms with Crippen LogP contribution in [0.3, 0.4) is 0 Å². The fourth-order valence-corrected chi connectivity index (χ4v) is 6.70. The molecule has 0 amide bonds. The van der Waals surface area contributed by atoms with Crippen LogP contribution >= 0.6 is 69.6 Å². The van der Waals surface area contributed by atoms with E-state index in [0.717, 1.165) is 40.7 Å². The molecule has 0 aliphatic carbocycles. The lowest BCUT2D eigenvalue weighted by Crippen LogP contribution is -1.80. The summed E-state index contributed by atoms with van der Waals surface area (Å²) in [5, 5.41) is 54.0. The third-order valence-corrected chi connectivity index (χ3v) is 11.0. The molecule has 16 heteroatoms. The van der Waals surface area contributed by atoms with E-state index < -0.39 is 0 Å². The Kier molecular flexibility index (Phi) is 21.2. The van der Waals surface area contributed by atoms with Crippen molar-refractivity contribution in [3.63, 3.8) is 0 Å². The van der Waals surface area contributed by atoms with E-state index in [2.05, 4.69) is 80.6 Å². The predicted molar refractivity (Wildman–Crippen MR) is 285 cm³/mol.